The van der Waals surface area contributed by atoms with Crippen molar-refractivity contribution in [2.24, 2.45) is 0 Å². The lowest BCUT2D eigenvalue weighted by Crippen LogP contribution is -2.23. The molecule has 1 atom stereocenters. The van der Waals surface area contributed by atoms with Gasteiger partial charge in [0.25, 0.3) is 0 Å². The van der Waals surface area contributed by atoms with Gasteiger partial charge in [-0.2, -0.15) is 5.10 Å². The van der Waals surface area contributed by atoms with E-state index in [0.29, 0.717) is 0 Å². The summed E-state index contributed by atoms with van der Waals surface area (Å²) in [5.41, 5.74) is 2.05. The van der Waals surface area contributed by atoms with Crippen molar-refractivity contribution in [3.8, 4) is 0 Å². The van der Waals surface area contributed by atoms with Crippen LogP contribution in [0.5, 0.6) is 0 Å². The van der Waals surface area contributed by atoms with Crippen LogP contribution in [-0.4, -0.2) is 16.3 Å². The number of furan rings is 1. The van der Waals surface area contributed by atoms with Crippen LogP contribution in [0.15, 0.2) is 22.8 Å². The SMILES string of the molecule is CCNC(Cc1c(Cl)c(CC)nn1CC)c1ccco1. The molecule has 2 aromatic rings. The molecule has 1 unspecified atom stereocenters. The van der Waals surface area contributed by atoms with Gasteiger partial charge in [-0.15, -0.1) is 0 Å². The summed E-state index contributed by atoms with van der Waals surface area (Å²) in [5, 5.41) is 8.81. The lowest BCUT2D eigenvalue weighted by Gasteiger charge is -2.16. The molecule has 0 aliphatic rings. The Hall–Kier alpha value is -1.26. The number of nitrogens with one attached hydrogen (secondary N) is 1. The fraction of sp³-hybridized carbons (Fsp3) is 0.533. The smallest absolute Gasteiger partial charge is 0.121 e. The molecule has 0 fully saturated rings. The molecule has 110 valence electrons. The maximum Gasteiger partial charge on any atom is 0.121 e. The van der Waals surface area contributed by atoms with Crippen LogP contribution in [-0.2, 0) is 19.4 Å². The minimum atomic E-state index is 0.124. The lowest BCUT2D eigenvalue weighted by atomic mass is 10.1. The van der Waals surface area contributed by atoms with Crippen molar-refractivity contribution < 1.29 is 4.42 Å². The van der Waals surface area contributed by atoms with Gasteiger partial charge in [-0.05, 0) is 32.0 Å². The fourth-order valence-corrected chi connectivity index (χ4v) is 2.76. The number of aromatic nitrogens is 2. The van der Waals surface area contributed by atoms with E-state index in [-0.39, 0.29) is 6.04 Å². The Labute approximate surface area is 125 Å². The quantitative estimate of drug-likeness (QED) is 0.848. The summed E-state index contributed by atoms with van der Waals surface area (Å²) in [4.78, 5) is 0. The molecule has 4 nitrogen and oxygen atoms in total. The second-order valence-electron chi connectivity index (χ2n) is 4.71. The number of nitrogens with zero attached hydrogens (tertiary/aromatic N) is 2. The normalized spacial score (nSPS) is 12.8. The third-order valence-corrected chi connectivity index (χ3v) is 3.87. The predicted molar refractivity (Wildman–Crippen MR) is 81.1 cm³/mol. The van der Waals surface area contributed by atoms with E-state index in [9.17, 15) is 0 Å². The molecule has 20 heavy (non-hydrogen) atoms. The largest absolute Gasteiger partial charge is 0.468 e. The Bertz CT molecular complexity index is 534. The first-order chi connectivity index (χ1) is 9.71. The van der Waals surface area contributed by atoms with Gasteiger partial charge in [-0.1, -0.05) is 25.4 Å². The van der Waals surface area contributed by atoms with Crippen LogP contribution in [0.2, 0.25) is 5.02 Å². The number of rotatable bonds is 7. The van der Waals surface area contributed by atoms with Crippen molar-refractivity contribution in [1.29, 1.82) is 0 Å². The molecule has 0 radical (unpaired) electrons. The highest BCUT2D eigenvalue weighted by atomic mass is 35.5. The minimum absolute atomic E-state index is 0.124. The number of hydrogen-bond acceptors (Lipinski definition) is 3. The summed E-state index contributed by atoms with van der Waals surface area (Å²) in [6.45, 7) is 7.95. The molecule has 5 heteroatoms. The molecule has 0 saturated heterocycles. The second-order valence-corrected chi connectivity index (χ2v) is 5.08. The van der Waals surface area contributed by atoms with Crippen LogP contribution in [0.3, 0.4) is 0 Å². The van der Waals surface area contributed by atoms with Crippen LogP contribution in [0, 0.1) is 0 Å². The molecular weight excluding hydrogens is 274 g/mol. The van der Waals surface area contributed by atoms with Crippen molar-refractivity contribution in [1.82, 2.24) is 15.1 Å². The zero-order chi connectivity index (χ0) is 14.5. The standard InChI is InChI=1S/C15H22ClN3O/c1-4-11-15(16)13(19(6-3)18-11)10-12(17-5-2)14-8-7-9-20-14/h7-9,12,17H,4-6,10H2,1-3H3. The molecular formula is C15H22ClN3O. The van der Waals surface area contributed by atoms with Gasteiger partial charge in [-0.25, -0.2) is 0 Å². The Morgan fingerprint density at radius 3 is 2.75 bits per heavy atom. The van der Waals surface area contributed by atoms with E-state index in [1.807, 2.05) is 16.8 Å². The molecule has 0 bridgehead atoms. The molecule has 0 aromatic carbocycles. The van der Waals surface area contributed by atoms with E-state index in [1.54, 1.807) is 6.26 Å². The summed E-state index contributed by atoms with van der Waals surface area (Å²) < 4.78 is 7.53. The zero-order valence-corrected chi connectivity index (χ0v) is 13.1. The van der Waals surface area contributed by atoms with E-state index in [4.69, 9.17) is 16.0 Å². The first-order valence-electron chi connectivity index (χ1n) is 7.22. The number of likely N-dealkylation sites (N-methyl/N-ethyl adjacent to an activating group) is 1. The maximum absolute atomic E-state index is 6.47. The van der Waals surface area contributed by atoms with Crippen molar-refractivity contribution in [2.45, 2.75) is 46.2 Å². The summed E-state index contributed by atoms with van der Waals surface area (Å²) in [7, 11) is 0. The van der Waals surface area contributed by atoms with Gasteiger partial charge in [-0.3, -0.25) is 4.68 Å². The summed E-state index contributed by atoms with van der Waals surface area (Å²) in [5.74, 6) is 0.935. The van der Waals surface area contributed by atoms with Gasteiger partial charge < -0.3 is 9.73 Å². The van der Waals surface area contributed by atoms with Gasteiger partial charge in [0.15, 0.2) is 0 Å². The van der Waals surface area contributed by atoms with Crippen LogP contribution in [0.4, 0.5) is 0 Å². The molecule has 2 rings (SSSR count). The first kappa shape index (κ1) is 15.1. The second kappa shape index (κ2) is 6.95. The number of aryl methyl sites for hydroxylation is 2. The topological polar surface area (TPSA) is 43.0 Å². The fourth-order valence-electron chi connectivity index (χ4n) is 2.41. The Morgan fingerprint density at radius 2 is 2.20 bits per heavy atom. The van der Waals surface area contributed by atoms with E-state index in [0.717, 1.165) is 48.1 Å². The minimum Gasteiger partial charge on any atom is -0.468 e. The molecule has 0 spiro atoms. The summed E-state index contributed by atoms with van der Waals surface area (Å²) in [6, 6.07) is 4.03. The third-order valence-electron chi connectivity index (χ3n) is 3.43. The molecule has 2 aromatic heterocycles. The monoisotopic (exact) mass is 295 g/mol. The average Bonchev–Trinajstić information content (AvgIpc) is 3.07. The molecule has 0 saturated carbocycles. The van der Waals surface area contributed by atoms with Crippen LogP contribution in [0.1, 0.15) is 44.0 Å². The van der Waals surface area contributed by atoms with E-state index < -0.39 is 0 Å². The van der Waals surface area contributed by atoms with Crippen LogP contribution >= 0.6 is 11.6 Å². The summed E-state index contributed by atoms with van der Waals surface area (Å²) >= 11 is 6.47. The highest BCUT2D eigenvalue weighted by Crippen LogP contribution is 2.27. The third kappa shape index (κ3) is 3.07. The predicted octanol–water partition coefficient (Wildman–Crippen LogP) is 3.61. The Morgan fingerprint density at radius 1 is 1.40 bits per heavy atom. The lowest BCUT2D eigenvalue weighted by molar-refractivity contribution is 0.408. The Balaban J connectivity index is 2.28. The van der Waals surface area contributed by atoms with Crippen LogP contribution in [0.25, 0.3) is 0 Å². The van der Waals surface area contributed by atoms with Crippen molar-refractivity contribution in [3.63, 3.8) is 0 Å². The molecule has 1 N–H and O–H groups in total. The highest BCUT2D eigenvalue weighted by molar-refractivity contribution is 6.31. The maximum atomic E-state index is 6.47. The molecule has 0 aliphatic carbocycles. The van der Waals surface area contributed by atoms with E-state index in [2.05, 4.69) is 31.2 Å². The van der Waals surface area contributed by atoms with E-state index >= 15 is 0 Å². The van der Waals surface area contributed by atoms with Gasteiger partial charge >= 0.3 is 0 Å². The van der Waals surface area contributed by atoms with Crippen LogP contribution < -0.4 is 5.32 Å². The van der Waals surface area contributed by atoms with Gasteiger partial charge in [0.2, 0.25) is 0 Å². The molecule has 0 aliphatic heterocycles. The van der Waals surface area contributed by atoms with Gasteiger partial charge in [0.1, 0.15) is 5.76 Å². The average molecular weight is 296 g/mol. The molecule has 2 heterocycles. The van der Waals surface area contributed by atoms with Crippen molar-refractivity contribution in [2.75, 3.05) is 6.54 Å². The van der Waals surface area contributed by atoms with Gasteiger partial charge in [0, 0.05) is 13.0 Å². The number of hydrogen-bond donors (Lipinski definition) is 1. The first-order valence-corrected chi connectivity index (χ1v) is 7.59. The van der Waals surface area contributed by atoms with Crippen molar-refractivity contribution in [3.05, 3.63) is 40.6 Å². The summed E-state index contributed by atoms with van der Waals surface area (Å²) in [6.07, 6.45) is 3.34. The number of halogens is 1. The van der Waals surface area contributed by atoms with Gasteiger partial charge in [0.05, 0.1) is 28.7 Å². The molecule has 0 amide bonds. The highest BCUT2D eigenvalue weighted by Gasteiger charge is 2.21. The van der Waals surface area contributed by atoms with E-state index in [1.165, 1.54) is 0 Å². The van der Waals surface area contributed by atoms with Crippen molar-refractivity contribution >= 4 is 11.6 Å². The zero-order valence-electron chi connectivity index (χ0n) is 12.3. The Kier molecular flexibility index (Phi) is 5.26.